The first-order chi connectivity index (χ1) is 11.1. The fourth-order valence-corrected chi connectivity index (χ4v) is 2.79. The van der Waals surface area contributed by atoms with E-state index in [1.807, 2.05) is 20.2 Å². The van der Waals surface area contributed by atoms with E-state index in [4.69, 9.17) is 0 Å². The molecule has 3 heterocycles. The van der Waals surface area contributed by atoms with Gasteiger partial charge in [0.1, 0.15) is 11.6 Å². The lowest BCUT2D eigenvalue weighted by molar-refractivity contribution is 0.772. The van der Waals surface area contributed by atoms with Crippen LogP contribution in [0, 0.1) is 13.8 Å². The lowest BCUT2D eigenvalue weighted by atomic mass is 10.1. The molecule has 3 aromatic rings. The third kappa shape index (κ3) is 3.04. The number of nitrogens with zero attached hydrogens (tertiary/aromatic N) is 5. The van der Waals surface area contributed by atoms with E-state index in [1.165, 1.54) is 5.56 Å². The molecule has 23 heavy (non-hydrogen) atoms. The van der Waals surface area contributed by atoms with E-state index < -0.39 is 0 Å². The molecule has 0 saturated carbocycles. The molecule has 0 bridgehead atoms. The standard InChI is InChI=1S/C16H23N7/c1-5-6-14-19-15(13-9-18-23(4)16(13)20-14)17-8-7-12-10(2)21-22-11(12)3/h9H,5-8H2,1-4H3,(H,21,22)(H,17,19,20). The molecule has 0 aliphatic rings. The van der Waals surface area contributed by atoms with Crippen molar-refractivity contribution < 1.29 is 0 Å². The van der Waals surface area contributed by atoms with E-state index in [1.54, 1.807) is 4.68 Å². The molecule has 122 valence electrons. The van der Waals surface area contributed by atoms with Crippen LogP contribution in [0.5, 0.6) is 0 Å². The van der Waals surface area contributed by atoms with Crippen LogP contribution < -0.4 is 5.32 Å². The summed E-state index contributed by atoms with van der Waals surface area (Å²) in [5, 5.41) is 16.0. The van der Waals surface area contributed by atoms with Gasteiger partial charge in [0, 0.05) is 25.7 Å². The monoisotopic (exact) mass is 313 g/mol. The van der Waals surface area contributed by atoms with E-state index in [9.17, 15) is 0 Å². The minimum absolute atomic E-state index is 0.799. The number of rotatable bonds is 6. The number of aryl methyl sites for hydroxylation is 4. The molecule has 3 aromatic heterocycles. The summed E-state index contributed by atoms with van der Waals surface area (Å²) in [7, 11) is 1.91. The van der Waals surface area contributed by atoms with Gasteiger partial charge >= 0.3 is 0 Å². The van der Waals surface area contributed by atoms with Crippen LogP contribution in [-0.2, 0) is 19.9 Å². The van der Waals surface area contributed by atoms with Crippen LogP contribution >= 0.6 is 0 Å². The number of nitrogens with one attached hydrogen (secondary N) is 2. The van der Waals surface area contributed by atoms with Gasteiger partial charge in [0.05, 0.1) is 17.3 Å². The highest BCUT2D eigenvalue weighted by Gasteiger charge is 2.12. The first-order valence-corrected chi connectivity index (χ1v) is 8.03. The van der Waals surface area contributed by atoms with E-state index in [0.29, 0.717) is 0 Å². The van der Waals surface area contributed by atoms with Crippen LogP contribution in [0.1, 0.15) is 36.1 Å². The summed E-state index contributed by atoms with van der Waals surface area (Å²) in [4.78, 5) is 9.27. The first kappa shape index (κ1) is 15.5. The van der Waals surface area contributed by atoms with E-state index in [-0.39, 0.29) is 0 Å². The Bertz CT molecular complexity index is 796. The second-order valence-corrected chi connectivity index (χ2v) is 5.83. The molecule has 0 fully saturated rings. The summed E-state index contributed by atoms with van der Waals surface area (Å²) in [6.07, 6.45) is 4.62. The van der Waals surface area contributed by atoms with Crippen molar-refractivity contribution in [3.63, 3.8) is 0 Å². The first-order valence-electron chi connectivity index (χ1n) is 8.03. The van der Waals surface area contributed by atoms with Crippen LogP contribution in [0.4, 0.5) is 5.82 Å². The number of H-pyrrole nitrogens is 1. The summed E-state index contributed by atoms with van der Waals surface area (Å²) in [6.45, 7) is 7.02. The van der Waals surface area contributed by atoms with Gasteiger partial charge in [0.2, 0.25) is 0 Å². The van der Waals surface area contributed by atoms with Crippen molar-refractivity contribution >= 4 is 16.9 Å². The SMILES string of the molecule is CCCc1nc(NCCc2c(C)n[nH]c2C)c2cnn(C)c2n1. The number of hydrogen-bond donors (Lipinski definition) is 2. The fourth-order valence-electron chi connectivity index (χ4n) is 2.79. The van der Waals surface area contributed by atoms with Gasteiger partial charge < -0.3 is 5.32 Å². The Balaban J connectivity index is 1.81. The van der Waals surface area contributed by atoms with Gasteiger partial charge in [0.15, 0.2) is 5.65 Å². The normalized spacial score (nSPS) is 11.3. The molecule has 7 nitrogen and oxygen atoms in total. The van der Waals surface area contributed by atoms with Crippen molar-refractivity contribution in [3.05, 3.63) is 29.0 Å². The Labute approximate surface area is 135 Å². The van der Waals surface area contributed by atoms with Crippen LogP contribution in [0.3, 0.4) is 0 Å². The van der Waals surface area contributed by atoms with Crippen LogP contribution in [0.2, 0.25) is 0 Å². The van der Waals surface area contributed by atoms with E-state index in [0.717, 1.165) is 59.9 Å². The Hall–Kier alpha value is -2.44. The summed E-state index contributed by atoms with van der Waals surface area (Å²) >= 11 is 0. The Kier molecular flexibility index (Phi) is 4.27. The van der Waals surface area contributed by atoms with Gasteiger partial charge in [-0.05, 0) is 32.3 Å². The highest BCUT2D eigenvalue weighted by molar-refractivity contribution is 5.86. The summed E-state index contributed by atoms with van der Waals surface area (Å²) < 4.78 is 1.80. The molecule has 0 unspecified atom stereocenters. The average Bonchev–Trinajstić information content (AvgIpc) is 3.05. The number of hydrogen-bond acceptors (Lipinski definition) is 5. The van der Waals surface area contributed by atoms with E-state index in [2.05, 4.69) is 44.4 Å². The second kappa shape index (κ2) is 6.36. The van der Waals surface area contributed by atoms with Crippen molar-refractivity contribution in [2.75, 3.05) is 11.9 Å². The number of aromatic amines is 1. The minimum atomic E-state index is 0.799. The summed E-state index contributed by atoms with van der Waals surface area (Å²) in [5.41, 5.74) is 4.33. The topological polar surface area (TPSA) is 84.3 Å². The van der Waals surface area contributed by atoms with Gasteiger partial charge in [-0.2, -0.15) is 10.2 Å². The number of anilines is 1. The van der Waals surface area contributed by atoms with Gasteiger partial charge in [0.25, 0.3) is 0 Å². The lowest BCUT2D eigenvalue weighted by Gasteiger charge is -2.09. The molecule has 0 aliphatic heterocycles. The quantitative estimate of drug-likeness (QED) is 0.729. The average molecular weight is 313 g/mol. The lowest BCUT2D eigenvalue weighted by Crippen LogP contribution is -2.10. The molecule has 0 aliphatic carbocycles. The van der Waals surface area contributed by atoms with Crippen LogP contribution in [0.25, 0.3) is 11.0 Å². The van der Waals surface area contributed by atoms with Crippen LogP contribution in [-0.4, -0.2) is 36.5 Å². The predicted octanol–water partition coefficient (Wildman–Crippen LogP) is 2.31. The molecule has 3 rings (SSSR count). The molecule has 0 aromatic carbocycles. The predicted molar refractivity (Wildman–Crippen MR) is 90.6 cm³/mol. The molecule has 0 radical (unpaired) electrons. The Morgan fingerprint density at radius 3 is 2.74 bits per heavy atom. The Morgan fingerprint density at radius 2 is 2.04 bits per heavy atom. The summed E-state index contributed by atoms with van der Waals surface area (Å²) in [6, 6.07) is 0. The fraction of sp³-hybridized carbons (Fsp3) is 0.500. The second-order valence-electron chi connectivity index (χ2n) is 5.83. The zero-order valence-corrected chi connectivity index (χ0v) is 14.1. The summed E-state index contributed by atoms with van der Waals surface area (Å²) in [5.74, 6) is 1.73. The maximum absolute atomic E-state index is 4.67. The van der Waals surface area contributed by atoms with Crippen molar-refractivity contribution in [3.8, 4) is 0 Å². The zero-order valence-electron chi connectivity index (χ0n) is 14.1. The van der Waals surface area contributed by atoms with Gasteiger partial charge in [-0.25, -0.2) is 9.97 Å². The smallest absolute Gasteiger partial charge is 0.163 e. The maximum atomic E-state index is 4.67. The molecule has 0 spiro atoms. The highest BCUT2D eigenvalue weighted by Crippen LogP contribution is 2.20. The Morgan fingerprint density at radius 1 is 1.22 bits per heavy atom. The molecule has 0 atom stereocenters. The van der Waals surface area contributed by atoms with Gasteiger partial charge in [-0.15, -0.1) is 0 Å². The van der Waals surface area contributed by atoms with Gasteiger partial charge in [-0.1, -0.05) is 6.92 Å². The van der Waals surface area contributed by atoms with Crippen LogP contribution in [0.15, 0.2) is 6.20 Å². The van der Waals surface area contributed by atoms with Gasteiger partial charge in [-0.3, -0.25) is 9.78 Å². The molecule has 2 N–H and O–H groups in total. The highest BCUT2D eigenvalue weighted by atomic mass is 15.3. The zero-order chi connectivity index (χ0) is 16.4. The minimum Gasteiger partial charge on any atom is -0.369 e. The third-order valence-corrected chi connectivity index (χ3v) is 4.06. The molecule has 7 heteroatoms. The molecule has 0 amide bonds. The van der Waals surface area contributed by atoms with Crippen molar-refractivity contribution in [2.45, 2.75) is 40.0 Å². The molecular weight excluding hydrogens is 290 g/mol. The molecule has 0 saturated heterocycles. The third-order valence-electron chi connectivity index (χ3n) is 4.06. The number of fused-ring (bicyclic) bond motifs is 1. The largest absolute Gasteiger partial charge is 0.369 e. The van der Waals surface area contributed by atoms with E-state index >= 15 is 0 Å². The molecular formula is C16H23N7. The maximum Gasteiger partial charge on any atom is 0.163 e. The van der Waals surface area contributed by atoms with Crippen molar-refractivity contribution in [1.82, 2.24) is 29.9 Å². The van der Waals surface area contributed by atoms with Crippen molar-refractivity contribution in [2.24, 2.45) is 7.05 Å². The van der Waals surface area contributed by atoms with Crippen molar-refractivity contribution in [1.29, 1.82) is 0 Å². The number of aromatic nitrogens is 6.